The zero-order valence-corrected chi connectivity index (χ0v) is 11.5. The van der Waals surface area contributed by atoms with Crippen molar-refractivity contribution in [1.82, 2.24) is 0 Å². The van der Waals surface area contributed by atoms with E-state index in [2.05, 4.69) is 0 Å². The number of hydrogen-bond donors (Lipinski definition) is 1. The molecule has 0 aromatic heterocycles. The molecule has 1 fully saturated rings. The van der Waals surface area contributed by atoms with Crippen LogP contribution in [0.15, 0.2) is 0 Å². The molecule has 1 atom stereocenters. The van der Waals surface area contributed by atoms with Gasteiger partial charge in [0.1, 0.15) is 6.10 Å². The molecule has 1 unspecified atom stereocenters. The summed E-state index contributed by atoms with van der Waals surface area (Å²) in [6.45, 7) is 7.92. The highest BCUT2D eigenvalue weighted by Gasteiger charge is 2.44. The number of rotatable bonds is 6. The van der Waals surface area contributed by atoms with Gasteiger partial charge in [0.15, 0.2) is 0 Å². The molecule has 17 heavy (non-hydrogen) atoms. The molecule has 100 valence electrons. The summed E-state index contributed by atoms with van der Waals surface area (Å²) in [7, 11) is 0. The van der Waals surface area contributed by atoms with Gasteiger partial charge in [0.25, 0.3) is 0 Å². The lowest BCUT2D eigenvalue weighted by atomic mass is 9.68. The SMILES string of the molecule is CCC(C)C(=O)OC1CC(C(O)(CC)CC)C1. The van der Waals surface area contributed by atoms with Crippen molar-refractivity contribution < 1.29 is 14.6 Å². The van der Waals surface area contributed by atoms with Crippen molar-refractivity contribution in [1.29, 1.82) is 0 Å². The smallest absolute Gasteiger partial charge is 0.308 e. The molecule has 1 saturated carbocycles. The average molecular weight is 242 g/mol. The zero-order valence-electron chi connectivity index (χ0n) is 11.5. The largest absolute Gasteiger partial charge is 0.462 e. The van der Waals surface area contributed by atoms with Gasteiger partial charge in [0, 0.05) is 0 Å². The molecule has 0 saturated heterocycles. The van der Waals surface area contributed by atoms with Gasteiger partial charge in [0.05, 0.1) is 11.5 Å². The van der Waals surface area contributed by atoms with E-state index in [1.807, 2.05) is 27.7 Å². The van der Waals surface area contributed by atoms with Crippen LogP contribution in [0.3, 0.4) is 0 Å². The molecular weight excluding hydrogens is 216 g/mol. The van der Waals surface area contributed by atoms with Crippen molar-refractivity contribution in [2.75, 3.05) is 0 Å². The Kier molecular flexibility index (Phi) is 4.99. The summed E-state index contributed by atoms with van der Waals surface area (Å²) in [6, 6.07) is 0. The number of carbonyl (C=O) groups excluding carboxylic acids is 1. The van der Waals surface area contributed by atoms with E-state index in [9.17, 15) is 9.90 Å². The molecule has 0 radical (unpaired) electrons. The number of carbonyl (C=O) groups is 1. The number of esters is 1. The Morgan fingerprint density at radius 3 is 2.29 bits per heavy atom. The third-order valence-corrected chi connectivity index (χ3v) is 4.38. The predicted octanol–water partition coefficient (Wildman–Crippen LogP) is 2.91. The summed E-state index contributed by atoms with van der Waals surface area (Å²) in [4.78, 5) is 11.6. The molecule has 0 heterocycles. The first-order valence-electron chi connectivity index (χ1n) is 6.89. The second-order valence-corrected chi connectivity index (χ2v) is 5.35. The van der Waals surface area contributed by atoms with Gasteiger partial charge < -0.3 is 9.84 Å². The van der Waals surface area contributed by atoms with Gasteiger partial charge in [0.2, 0.25) is 0 Å². The van der Waals surface area contributed by atoms with E-state index in [0.717, 1.165) is 32.1 Å². The highest BCUT2D eigenvalue weighted by molar-refractivity contribution is 5.72. The van der Waals surface area contributed by atoms with Crippen LogP contribution in [0.5, 0.6) is 0 Å². The molecule has 0 spiro atoms. The van der Waals surface area contributed by atoms with Crippen LogP contribution in [0.1, 0.15) is 59.8 Å². The van der Waals surface area contributed by atoms with Gasteiger partial charge >= 0.3 is 5.97 Å². The fraction of sp³-hybridized carbons (Fsp3) is 0.929. The van der Waals surface area contributed by atoms with Gasteiger partial charge in [-0.05, 0) is 38.0 Å². The third-order valence-electron chi connectivity index (χ3n) is 4.38. The van der Waals surface area contributed by atoms with Crippen molar-refractivity contribution in [3.8, 4) is 0 Å². The second-order valence-electron chi connectivity index (χ2n) is 5.35. The fourth-order valence-electron chi connectivity index (χ4n) is 2.38. The Labute approximate surface area is 105 Å². The minimum atomic E-state index is -0.556. The highest BCUT2D eigenvalue weighted by atomic mass is 16.5. The summed E-state index contributed by atoms with van der Waals surface area (Å²) in [5, 5.41) is 10.3. The van der Waals surface area contributed by atoms with E-state index in [1.165, 1.54) is 0 Å². The first-order valence-corrected chi connectivity index (χ1v) is 6.89. The summed E-state index contributed by atoms with van der Waals surface area (Å²) in [5.41, 5.74) is -0.556. The molecule has 1 aliphatic rings. The standard InChI is InChI=1S/C14H26O3/c1-5-10(4)13(15)17-12-8-11(9-12)14(16,6-2)7-3/h10-12,16H,5-9H2,1-4H3. The van der Waals surface area contributed by atoms with E-state index in [0.29, 0.717) is 5.92 Å². The molecular formula is C14H26O3. The Balaban J connectivity index is 2.35. The maximum atomic E-state index is 11.6. The predicted molar refractivity (Wildman–Crippen MR) is 67.6 cm³/mol. The molecule has 3 nitrogen and oxygen atoms in total. The lowest BCUT2D eigenvalue weighted by molar-refractivity contribution is -0.169. The van der Waals surface area contributed by atoms with Crippen LogP contribution in [0.4, 0.5) is 0 Å². The van der Waals surface area contributed by atoms with Crippen LogP contribution in [0.25, 0.3) is 0 Å². The summed E-state index contributed by atoms with van der Waals surface area (Å²) in [5.74, 6) is 0.199. The second kappa shape index (κ2) is 5.85. The normalized spacial score (nSPS) is 26.2. The minimum Gasteiger partial charge on any atom is -0.462 e. The van der Waals surface area contributed by atoms with Crippen molar-refractivity contribution in [2.24, 2.45) is 11.8 Å². The van der Waals surface area contributed by atoms with Gasteiger partial charge in [-0.15, -0.1) is 0 Å². The number of aliphatic hydroxyl groups is 1. The van der Waals surface area contributed by atoms with E-state index >= 15 is 0 Å². The van der Waals surface area contributed by atoms with Crippen molar-refractivity contribution in [3.05, 3.63) is 0 Å². The van der Waals surface area contributed by atoms with Crippen LogP contribution in [0.2, 0.25) is 0 Å². The van der Waals surface area contributed by atoms with E-state index in [4.69, 9.17) is 4.74 Å². The van der Waals surface area contributed by atoms with Crippen LogP contribution in [-0.4, -0.2) is 22.8 Å². The van der Waals surface area contributed by atoms with Gasteiger partial charge in [-0.25, -0.2) is 0 Å². The van der Waals surface area contributed by atoms with Crippen molar-refractivity contribution in [3.63, 3.8) is 0 Å². The highest BCUT2D eigenvalue weighted by Crippen LogP contribution is 2.41. The number of hydrogen-bond acceptors (Lipinski definition) is 3. The molecule has 1 N–H and O–H groups in total. The molecule has 3 heteroatoms. The van der Waals surface area contributed by atoms with Gasteiger partial charge in [-0.2, -0.15) is 0 Å². The van der Waals surface area contributed by atoms with Crippen molar-refractivity contribution >= 4 is 5.97 Å². The maximum absolute atomic E-state index is 11.6. The minimum absolute atomic E-state index is 0.00900. The van der Waals surface area contributed by atoms with E-state index in [-0.39, 0.29) is 18.0 Å². The first-order chi connectivity index (χ1) is 7.96. The number of ether oxygens (including phenoxy) is 1. The Morgan fingerprint density at radius 1 is 1.35 bits per heavy atom. The molecule has 0 aromatic carbocycles. The van der Waals surface area contributed by atoms with Crippen LogP contribution < -0.4 is 0 Å². The lowest BCUT2D eigenvalue weighted by Gasteiger charge is -2.45. The van der Waals surface area contributed by atoms with E-state index in [1.54, 1.807) is 0 Å². The molecule has 0 aliphatic heterocycles. The average Bonchev–Trinajstić information content (AvgIpc) is 2.30. The Hall–Kier alpha value is -0.570. The fourth-order valence-corrected chi connectivity index (χ4v) is 2.38. The Morgan fingerprint density at radius 2 is 1.88 bits per heavy atom. The quantitative estimate of drug-likeness (QED) is 0.728. The zero-order chi connectivity index (χ0) is 13.1. The molecule has 1 aliphatic carbocycles. The van der Waals surface area contributed by atoms with E-state index < -0.39 is 5.60 Å². The van der Waals surface area contributed by atoms with Crippen LogP contribution in [0, 0.1) is 11.8 Å². The molecule has 0 bridgehead atoms. The van der Waals surface area contributed by atoms with Crippen LogP contribution in [-0.2, 0) is 9.53 Å². The molecule has 1 rings (SSSR count). The third kappa shape index (κ3) is 3.21. The first kappa shape index (κ1) is 14.5. The van der Waals surface area contributed by atoms with Gasteiger partial charge in [-0.3, -0.25) is 4.79 Å². The topological polar surface area (TPSA) is 46.5 Å². The van der Waals surface area contributed by atoms with Crippen LogP contribution >= 0.6 is 0 Å². The Bertz CT molecular complexity index is 252. The van der Waals surface area contributed by atoms with Gasteiger partial charge in [-0.1, -0.05) is 27.7 Å². The summed E-state index contributed by atoms with van der Waals surface area (Å²) in [6.07, 6.45) is 4.05. The molecule has 0 aromatic rings. The maximum Gasteiger partial charge on any atom is 0.308 e. The molecule has 0 amide bonds. The summed E-state index contributed by atoms with van der Waals surface area (Å²) < 4.78 is 5.40. The summed E-state index contributed by atoms with van der Waals surface area (Å²) >= 11 is 0. The lowest BCUT2D eigenvalue weighted by Crippen LogP contribution is -2.48. The monoisotopic (exact) mass is 242 g/mol. The van der Waals surface area contributed by atoms with Crippen molar-refractivity contribution in [2.45, 2.75) is 71.5 Å².